The molecule has 0 aliphatic heterocycles. The molecule has 0 aliphatic rings. The van der Waals surface area contributed by atoms with Gasteiger partial charge in [0.25, 0.3) is 0 Å². The van der Waals surface area contributed by atoms with Gasteiger partial charge < -0.3 is 5.73 Å². The van der Waals surface area contributed by atoms with Crippen molar-refractivity contribution in [1.29, 1.82) is 0 Å². The van der Waals surface area contributed by atoms with E-state index in [9.17, 15) is 0 Å². The van der Waals surface area contributed by atoms with Crippen LogP contribution in [0.1, 0.15) is 26.5 Å². The van der Waals surface area contributed by atoms with E-state index in [1.165, 1.54) is 5.69 Å². The van der Waals surface area contributed by atoms with Gasteiger partial charge in [-0.3, -0.25) is 4.68 Å². The number of nitrogens with zero attached hydrogens (tertiary/aromatic N) is 4. The summed E-state index contributed by atoms with van der Waals surface area (Å²) in [6.45, 7) is 7.35. The molecule has 0 spiro atoms. The van der Waals surface area contributed by atoms with E-state index in [4.69, 9.17) is 5.73 Å². The molecule has 0 radical (unpaired) electrons. The zero-order valence-electron chi connectivity index (χ0n) is 12.1. The quantitative estimate of drug-likeness (QED) is 0.793. The zero-order valence-corrected chi connectivity index (χ0v) is 12.1. The number of nitrogen functional groups attached to an aromatic ring is 1. The average Bonchev–Trinajstić information content (AvgIpc) is 2.78. The second-order valence-corrected chi connectivity index (χ2v) is 5.46. The van der Waals surface area contributed by atoms with E-state index >= 15 is 0 Å². The highest BCUT2D eigenvalue weighted by atomic mass is 15.3. The van der Waals surface area contributed by atoms with Crippen molar-refractivity contribution in [2.45, 2.75) is 33.7 Å². The normalized spacial score (nSPS) is 11.8. The summed E-state index contributed by atoms with van der Waals surface area (Å²) < 4.78 is 2.04. The molecule has 0 fully saturated rings. The Morgan fingerprint density at radius 3 is 2.85 bits per heavy atom. The fourth-order valence-electron chi connectivity index (χ4n) is 2.66. The highest BCUT2D eigenvalue weighted by Gasteiger charge is 2.18. The molecule has 0 unspecified atom stereocenters. The molecule has 20 heavy (non-hydrogen) atoms. The van der Waals surface area contributed by atoms with Gasteiger partial charge in [-0.1, -0.05) is 13.8 Å². The van der Waals surface area contributed by atoms with Crippen molar-refractivity contribution >= 4 is 27.8 Å². The SMILES string of the molecule is CCn1nc2c(N)nc3ncccc3c2c1CC(C)C. The largest absolute Gasteiger partial charge is 0.382 e. The molecule has 0 aliphatic carbocycles. The van der Waals surface area contributed by atoms with Gasteiger partial charge >= 0.3 is 0 Å². The van der Waals surface area contributed by atoms with Crippen LogP contribution in [0, 0.1) is 5.92 Å². The molecular formula is C15H19N5. The van der Waals surface area contributed by atoms with Crippen LogP contribution in [0.15, 0.2) is 18.3 Å². The Morgan fingerprint density at radius 2 is 2.15 bits per heavy atom. The van der Waals surface area contributed by atoms with Crippen molar-refractivity contribution < 1.29 is 0 Å². The molecule has 0 amide bonds. The van der Waals surface area contributed by atoms with Crippen LogP contribution < -0.4 is 5.73 Å². The van der Waals surface area contributed by atoms with Crippen LogP contribution in [0.5, 0.6) is 0 Å². The molecule has 2 N–H and O–H groups in total. The topological polar surface area (TPSA) is 69.6 Å². The summed E-state index contributed by atoms with van der Waals surface area (Å²) in [6, 6.07) is 3.98. The van der Waals surface area contributed by atoms with E-state index in [0.717, 1.165) is 29.3 Å². The number of anilines is 1. The fourth-order valence-corrected chi connectivity index (χ4v) is 2.66. The number of rotatable bonds is 3. The summed E-state index contributed by atoms with van der Waals surface area (Å²) >= 11 is 0. The van der Waals surface area contributed by atoms with Gasteiger partial charge in [0.15, 0.2) is 11.5 Å². The van der Waals surface area contributed by atoms with Crippen molar-refractivity contribution in [2.75, 3.05) is 5.73 Å². The van der Waals surface area contributed by atoms with E-state index < -0.39 is 0 Å². The van der Waals surface area contributed by atoms with Crippen LogP contribution in [-0.4, -0.2) is 19.7 Å². The van der Waals surface area contributed by atoms with Crippen LogP contribution in [0.2, 0.25) is 0 Å². The minimum absolute atomic E-state index is 0.461. The molecule has 3 aromatic rings. The monoisotopic (exact) mass is 269 g/mol. The van der Waals surface area contributed by atoms with Crippen molar-refractivity contribution in [3.63, 3.8) is 0 Å². The lowest BCUT2D eigenvalue weighted by atomic mass is 10.0. The van der Waals surface area contributed by atoms with Crippen LogP contribution in [-0.2, 0) is 13.0 Å². The second-order valence-electron chi connectivity index (χ2n) is 5.46. The van der Waals surface area contributed by atoms with Gasteiger partial charge in [0.2, 0.25) is 0 Å². The number of aryl methyl sites for hydroxylation is 1. The van der Waals surface area contributed by atoms with Gasteiger partial charge in [0, 0.05) is 29.2 Å². The molecule has 5 heteroatoms. The Hall–Kier alpha value is -2.17. The highest BCUT2D eigenvalue weighted by Crippen LogP contribution is 2.30. The number of nitrogens with two attached hydrogens (primary N) is 1. The summed E-state index contributed by atoms with van der Waals surface area (Å²) in [6.07, 6.45) is 2.71. The van der Waals surface area contributed by atoms with Gasteiger partial charge in [-0.15, -0.1) is 0 Å². The number of hydrogen-bond donors (Lipinski definition) is 1. The Kier molecular flexibility index (Phi) is 3.04. The van der Waals surface area contributed by atoms with Gasteiger partial charge in [-0.05, 0) is 31.4 Å². The second kappa shape index (κ2) is 4.74. The van der Waals surface area contributed by atoms with E-state index in [2.05, 4.69) is 35.8 Å². The fraction of sp³-hybridized carbons (Fsp3) is 0.400. The van der Waals surface area contributed by atoms with E-state index in [-0.39, 0.29) is 0 Å². The number of aromatic nitrogens is 4. The molecule has 104 valence electrons. The Balaban J connectivity index is 2.44. The van der Waals surface area contributed by atoms with Crippen molar-refractivity contribution in [3.8, 4) is 0 Å². The minimum Gasteiger partial charge on any atom is -0.382 e. The van der Waals surface area contributed by atoms with Crippen LogP contribution >= 0.6 is 0 Å². The van der Waals surface area contributed by atoms with Crippen LogP contribution in [0.4, 0.5) is 5.82 Å². The third kappa shape index (κ3) is 1.90. The predicted molar refractivity (Wildman–Crippen MR) is 81.5 cm³/mol. The average molecular weight is 269 g/mol. The zero-order chi connectivity index (χ0) is 14.3. The third-order valence-electron chi connectivity index (χ3n) is 3.48. The number of fused-ring (bicyclic) bond motifs is 3. The van der Waals surface area contributed by atoms with Crippen molar-refractivity contribution in [1.82, 2.24) is 19.7 Å². The standard InChI is InChI=1S/C15H19N5/c1-4-20-11(8-9(2)3)12-10-6-5-7-17-15(10)18-14(16)13(12)19-20/h5-7,9H,4,8H2,1-3H3,(H2,16,17,18). The molecular weight excluding hydrogens is 250 g/mol. The first-order valence-corrected chi connectivity index (χ1v) is 7.01. The van der Waals surface area contributed by atoms with Gasteiger partial charge in [-0.2, -0.15) is 5.10 Å². The first kappa shape index (κ1) is 12.8. The molecule has 3 heterocycles. The summed E-state index contributed by atoms with van der Waals surface area (Å²) in [5.41, 5.74) is 8.78. The highest BCUT2D eigenvalue weighted by molar-refractivity contribution is 6.08. The molecule has 3 rings (SSSR count). The predicted octanol–water partition coefficient (Wildman–Crippen LogP) is 2.78. The Morgan fingerprint density at radius 1 is 1.35 bits per heavy atom. The smallest absolute Gasteiger partial charge is 0.162 e. The van der Waals surface area contributed by atoms with Gasteiger partial charge in [0.05, 0.1) is 0 Å². The number of pyridine rings is 2. The third-order valence-corrected chi connectivity index (χ3v) is 3.48. The van der Waals surface area contributed by atoms with Crippen LogP contribution in [0.3, 0.4) is 0 Å². The van der Waals surface area contributed by atoms with Crippen molar-refractivity contribution in [3.05, 3.63) is 24.0 Å². The molecule has 0 aromatic carbocycles. The molecule has 0 saturated carbocycles. The van der Waals surface area contributed by atoms with Crippen molar-refractivity contribution in [2.24, 2.45) is 5.92 Å². The lowest BCUT2D eigenvalue weighted by Crippen LogP contribution is -2.05. The molecule has 5 nitrogen and oxygen atoms in total. The minimum atomic E-state index is 0.461. The van der Waals surface area contributed by atoms with E-state index in [0.29, 0.717) is 17.4 Å². The van der Waals surface area contributed by atoms with Gasteiger partial charge in [0.1, 0.15) is 5.52 Å². The summed E-state index contributed by atoms with van der Waals surface area (Å²) in [5.74, 6) is 1.02. The summed E-state index contributed by atoms with van der Waals surface area (Å²) in [7, 11) is 0. The number of hydrogen-bond acceptors (Lipinski definition) is 4. The lowest BCUT2D eigenvalue weighted by Gasteiger charge is -2.08. The van der Waals surface area contributed by atoms with E-state index in [1.54, 1.807) is 6.20 Å². The maximum absolute atomic E-state index is 6.06. The summed E-state index contributed by atoms with van der Waals surface area (Å²) in [5, 5.41) is 6.78. The molecule has 0 bridgehead atoms. The first-order valence-electron chi connectivity index (χ1n) is 7.01. The summed E-state index contributed by atoms with van der Waals surface area (Å²) in [4.78, 5) is 8.68. The van der Waals surface area contributed by atoms with Gasteiger partial charge in [-0.25, -0.2) is 9.97 Å². The molecule has 0 saturated heterocycles. The van der Waals surface area contributed by atoms with E-state index in [1.807, 2.05) is 16.8 Å². The molecule has 0 atom stereocenters. The Labute approximate surface area is 117 Å². The Bertz CT molecular complexity index is 773. The maximum Gasteiger partial charge on any atom is 0.162 e. The lowest BCUT2D eigenvalue weighted by molar-refractivity contribution is 0.568. The van der Waals surface area contributed by atoms with Crippen LogP contribution in [0.25, 0.3) is 21.9 Å². The first-order chi connectivity index (χ1) is 9.61. The maximum atomic E-state index is 6.06. The molecule has 3 aromatic heterocycles.